The van der Waals surface area contributed by atoms with Gasteiger partial charge in [-0.2, -0.15) is 0 Å². The largest absolute Gasteiger partial charge is 0.389 e. The van der Waals surface area contributed by atoms with Crippen molar-refractivity contribution in [1.29, 1.82) is 0 Å². The zero-order valence-corrected chi connectivity index (χ0v) is 9.17. The van der Waals surface area contributed by atoms with Crippen molar-refractivity contribution in [3.05, 3.63) is 6.20 Å². The van der Waals surface area contributed by atoms with E-state index in [1.165, 1.54) is 11.3 Å². The second kappa shape index (κ2) is 3.74. The monoisotopic (exact) mass is 213 g/mol. The Labute approximate surface area is 87.5 Å². The Kier molecular flexibility index (Phi) is 2.60. The molecule has 3 N–H and O–H groups in total. The van der Waals surface area contributed by atoms with Crippen LogP contribution in [0.3, 0.4) is 0 Å². The van der Waals surface area contributed by atoms with E-state index >= 15 is 0 Å². The second-order valence-corrected chi connectivity index (χ2v) is 4.77. The number of hydrogen-bond acceptors (Lipinski definition) is 5. The summed E-state index contributed by atoms with van der Waals surface area (Å²) in [5.74, 6) is 0. The Bertz CT molecular complexity index is 315. The van der Waals surface area contributed by atoms with Crippen molar-refractivity contribution >= 4 is 21.5 Å². The number of nitrogen functional groups attached to an aromatic ring is 1. The van der Waals surface area contributed by atoms with Gasteiger partial charge >= 0.3 is 0 Å². The summed E-state index contributed by atoms with van der Waals surface area (Å²) in [4.78, 5) is 4.17. The van der Waals surface area contributed by atoms with Gasteiger partial charge in [-0.15, -0.1) is 0 Å². The van der Waals surface area contributed by atoms with Gasteiger partial charge in [-0.1, -0.05) is 11.3 Å². The molecule has 4 nitrogen and oxygen atoms in total. The Balaban J connectivity index is 1.98. The van der Waals surface area contributed by atoms with Crippen LogP contribution in [0.15, 0.2) is 6.20 Å². The van der Waals surface area contributed by atoms with E-state index in [1.54, 1.807) is 6.20 Å². The van der Waals surface area contributed by atoms with Gasteiger partial charge in [0.1, 0.15) is 5.00 Å². The van der Waals surface area contributed by atoms with Crippen LogP contribution in [0.5, 0.6) is 0 Å². The fourth-order valence-electron chi connectivity index (χ4n) is 1.75. The van der Waals surface area contributed by atoms with Crippen molar-refractivity contribution in [3.8, 4) is 0 Å². The number of thiazole rings is 1. The first-order chi connectivity index (χ1) is 6.65. The van der Waals surface area contributed by atoms with Crippen LogP contribution < -0.4 is 11.1 Å². The van der Waals surface area contributed by atoms with E-state index in [2.05, 4.69) is 24.1 Å². The Hall–Kier alpha value is -0.810. The van der Waals surface area contributed by atoms with Crippen molar-refractivity contribution in [2.75, 3.05) is 11.1 Å². The van der Waals surface area contributed by atoms with Gasteiger partial charge in [-0.25, -0.2) is 4.98 Å². The van der Waals surface area contributed by atoms with E-state index in [1.807, 2.05) is 0 Å². The highest BCUT2D eigenvalue weighted by Gasteiger charge is 2.29. The van der Waals surface area contributed by atoms with Crippen LogP contribution in [-0.4, -0.2) is 23.2 Å². The average molecular weight is 213 g/mol. The minimum absolute atomic E-state index is 0.245. The maximum atomic E-state index is 5.64. The predicted molar refractivity (Wildman–Crippen MR) is 58.6 cm³/mol. The molecule has 0 radical (unpaired) electrons. The zero-order valence-electron chi connectivity index (χ0n) is 8.36. The lowest BCUT2D eigenvalue weighted by molar-refractivity contribution is 0.0650. The number of aromatic nitrogens is 1. The first-order valence-corrected chi connectivity index (χ1v) is 5.60. The average Bonchev–Trinajstić information content (AvgIpc) is 2.61. The van der Waals surface area contributed by atoms with Crippen LogP contribution in [0.1, 0.15) is 20.3 Å². The lowest BCUT2D eigenvalue weighted by Gasteiger charge is -2.14. The van der Waals surface area contributed by atoms with Gasteiger partial charge in [0.25, 0.3) is 0 Å². The molecule has 1 fully saturated rings. The minimum atomic E-state index is 0.245. The molecule has 3 unspecified atom stereocenters. The van der Waals surface area contributed by atoms with Gasteiger partial charge in [0.2, 0.25) is 0 Å². The quantitative estimate of drug-likeness (QED) is 0.785. The molecule has 2 heterocycles. The Morgan fingerprint density at radius 2 is 2.43 bits per heavy atom. The zero-order chi connectivity index (χ0) is 10.1. The molecule has 0 aromatic carbocycles. The number of hydrogen-bond donors (Lipinski definition) is 2. The fourth-order valence-corrected chi connectivity index (χ4v) is 2.40. The first kappa shape index (κ1) is 9.73. The number of anilines is 2. The van der Waals surface area contributed by atoms with Crippen molar-refractivity contribution in [2.24, 2.45) is 0 Å². The maximum absolute atomic E-state index is 5.64. The third-order valence-electron chi connectivity index (χ3n) is 2.43. The van der Waals surface area contributed by atoms with E-state index in [-0.39, 0.29) is 6.10 Å². The molecule has 0 saturated carbocycles. The molecule has 1 aromatic rings. The van der Waals surface area contributed by atoms with Gasteiger partial charge in [0, 0.05) is 0 Å². The van der Waals surface area contributed by atoms with E-state index < -0.39 is 0 Å². The van der Waals surface area contributed by atoms with Crippen molar-refractivity contribution < 1.29 is 4.74 Å². The van der Waals surface area contributed by atoms with Crippen LogP contribution in [0, 0.1) is 0 Å². The van der Waals surface area contributed by atoms with Gasteiger partial charge in [0.15, 0.2) is 5.13 Å². The van der Waals surface area contributed by atoms with E-state index in [0.717, 1.165) is 16.6 Å². The number of ether oxygens (including phenoxy) is 1. The minimum Gasteiger partial charge on any atom is -0.389 e. The summed E-state index contributed by atoms with van der Waals surface area (Å²) in [6.07, 6.45) is 3.28. The molecule has 0 aliphatic carbocycles. The van der Waals surface area contributed by atoms with Crippen LogP contribution in [-0.2, 0) is 4.74 Å². The van der Waals surface area contributed by atoms with Crippen LogP contribution >= 0.6 is 11.3 Å². The topological polar surface area (TPSA) is 60.2 Å². The fraction of sp³-hybridized carbons (Fsp3) is 0.667. The third-order valence-corrected chi connectivity index (χ3v) is 3.19. The molecule has 1 aliphatic heterocycles. The summed E-state index contributed by atoms with van der Waals surface area (Å²) in [6.45, 7) is 4.17. The van der Waals surface area contributed by atoms with E-state index in [9.17, 15) is 0 Å². The smallest absolute Gasteiger partial charge is 0.184 e. The standard InChI is InChI=1S/C9H15N3OS/c1-5-3-7(6(2)13-5)12-9-11-4-8(10)14-9/h4-7H,3,10H2,1-2H3,(H,11,12). The van der Waals surface area contributed by atoms with Crippen molar-refractivity contribution in [2.45, 2.75) is 38.5 Å². The lowest BCUT2D eigenvalue weighted by atomic mass is 10.1. The SMILES string of the molecule is CC1CC(Nc2ncc(N)s2)C(C)O1. The summed E-state index contributed by atoms with van der Waals surface area (Å²) < 4.78 is 5.64. The Morgan fingerprint density at radius 1 is 1.64 bits per heavy atom. The highest BCUT2D eigenvalue weighted by atomic mass is 32.1. The van der Waals surface area contributed by atoms with Crippen LogP contribution in [0.2, 0.25) is 0 Å². The number of nitrogens with one attached hydrogen (secondary N) is 1. The molecule has 3 atom stereocenters. The molecule has 0 bridgehead atoms. The molecule has 0 spiro atoms. The molecule has 1 saturated heterocycles. The van der Waals surface area contributed by atoms with Gasteiger partial charge in [-0.3, -0.25) is 0 Å². The summed E-state index contributed by atoms with van der Waals surface area (Å²) in [7, 11) is 0. The van der Waals surface area contributed by atoms with Crippen LogP contribution in [0.25, 0.3) is 0 Å². The molecule has 78 valence electrons. The summed E-state index contributed by atoms with van der Waals surface area (Å²) in [5, 5.41) is 4.97. The molecule has 5 heteroatoms. The molecular formula is C9H15N3OS. The maximum Gasteiger partial charge on any atom is 0.184 e. The van der Waals surface area contributed by atoms with Gasteiger partial charge in [-0.05, 0) is 20.3 Å². The molecule has 1 aromatic heterocycles. The first-order valence-electron chi connectivity index (χ1n) is 4.78. The van der Waals surface area contributed by atoms with E-state index in [4.69, 9.17) is 10.5 Å². The molecule has 2 rings (SSSR count). The second-order valence-electron chi connectivity index (χ2n) is 3.71. The predicted octanol–water partition coefficient (Wildman–Crippen LogP) is 1.70. The van der Waals surface area contributed by atoms with Crippen LogP contribution in [0.4, 0.5) is 10.1 Å². The molecular weight excluding hydrogens is 198 g/mol. The van der Waals surface area contributed by atoms with Crippen molar-refractivity contribution in [3.63, 3.8) is 0 Å². The summed E-state index contributed by atoms with van der Waals surface area (Å²) in [5.41, 5.74) is 5.60. The summed E-state index contributed by atoms with van der Waals surface area (Å²) >= 11 is 1.48. The Morgan fingerprint density at radius 3 is 2.93 bits per heavy atom. The highest BCUT2D eigenvalue weighted by Crippen LogP contribution is 2.26. The number of nitrogens with zero attached hydrogens (tertiary/aromatic N) is 1. The molecule has 14 heavy (non-hydrogen) atoms. The highest BCUT2D eigenvalue weighted by molar-refractivity contribution is 7.19. The normalized spacial score (nSPS) is 32.0. The number of nitrogens with two attached hydrogens (primary N) is 1. The third kappa shape index (κ3) is 1.99. The number of rotatable bonds is 2. The lowest BCUT2D eigenvalue weighted by Crippen LogP contribution is -2.26. The molecule has 1 aliphatic rings. The van der Waals surface area contributed by atoms with Gasteiger partial charge in [0.05, 0.1) is 24.4 Å². The van der Waals surface area contributed by atoms with Gasteiger partial charge < -0.3 is 15.8 Å². The summed E-state index contributed by atoms with van der Waals surface area (Å²) in [6, 6.07) is 0.357. The van der Waals surface area contributed by atoms with E-state index in [0.29, 0.717) is 12.1 Å². The van der Waals surface area contributed by atoms with Crippen molar-refractivity contribution in [1.82, 2.24) is 4.98 Å². The molecule has 0 amide bonds.